The first-order chi connectivity index (χ1) is 17.2. The fraction of sp³-hybridized carbons (Fsp3) is 0.444. The van der Waals surface area contributed by atoms with Crippen LogP contribution in [0.2, 0.25) is 0 Å². The number of hydrogen-bond donors (Lipinski definition) is 0. The van der Waals surface area contributed by atoms with E-state index in [2.05, 4.69) is 33.6 Å². The normalized spacial score (nSPS) is 14.7. The Kier molecular flexibility index (Phi) is 11.6. The van der Waals surface area contributed by atoms with Crippen LogP contribution in [-0.4, -0.2) is 83.5 Å². The highest BCUT2D eigenvalue weighted by Gasteiger charge is 2.11. The molecule has 8 heteroatoms. The van der Waals surface area contributed by atoms with E-state index in [1.807, 2.05) is 36.4 Å². The Morgan fingerprint density at radius 2 is 1.66 bits per heavy atom. The van der Waals surface area contributed by atoms with E-state index in [1.54, 1.807) is 20.5 Å². The lowest BCUT2D eigenvalue weighted by Gasteiger charge is -2.26. The first kappa shape index (κ1) is 26.7. The summed E-state index contributed by atoms with van der Waals surface area (Å²) in [5.74, 6) is 1.66. The van der Waals surface area contributed by atoms with Gasteiger partial charge in [-0.15, -0.1) is 0 Å². The van der Waals surface area contributed by atoms with Gasteiger partial charge >= 0.3 is 0 Å². The smallest absolute Gasteiger partial charge is 0.141 e. The van der Waals surface area contributed by atoms with E-state index in [-0.39, 0.29) is 0 Å². The van der Waals surface area contributed by atoms with Gasteiger partial charge in [0.25, 0.3) is 0 Å². The molecule has 1 fully saturated rings. The average molecular weight is 484 g/mol. The van der Waals surface area contributed by atoms with E-state index in [4.69, 9.17) is 23.7 Å². The summed E-state index contributed by atoms with van der Waals surface area (Å²) in [4.78, 5) is 8.59. The third-order valence-corrected chi connectivity index (χ3v) is 5.67. The average Bonchev–Trinajstić information content (AvgIpc) is 2.90. The van der Waals surface area contributed by atoms with Crippen molar-refractivity contribution in [2.75, 3.05) is 67.0 Å². The van der Waals surface area contributed by atoms with Crippen LogP contribution in [0.3, 0.4) is 0 Å². The Bertz CT molecular complexity index is 881. The number of benzene rings is 2. The van der Waals surface area contributed by atoms with Crippen molar-refractivity contribution in [3.8, 4) is 11.5 Å². The minimum atomic E-state index is 0.361. The van der Waals surface area contributed by atoms with Crippen LogP contribution in [0.15, 0.2) is 65.5 Å². The molecule has 1 saturated heterocycles. The monoisotopic (exact) mass is 483 g/mol. The molecule has 35 heavy (non-hydrogen) atoms. The molecule has 2 aromatic carbocycles. The van der Waals surface area contributed by atoms with Crippen molar-refractivity contribution < 1.29 is 23.7 Å². The molecule has 0 aromatic heterocycles. The lowest BCUT2D eigenvalue weighted by Crippen LogP contribution is -2.38. The zero-order valence-electron chi connectivity index (χ0n) is 20.9. The zero-order valence-corrected chi connectivity index (χ0v) is 20.9. The van der Waals surface area contributed by atoms with Crippen LogP contribution in [-0.2, 0) is 27.3 Å². The van der Waals surface area contributed by atoms with Crippen molar-refractivity contribution in [1.29, 1.82) is 0 Å². The van der Waals surface area contributed by atoms with Gasteiger partial charge in [0.15, 0.2) is 0 Å². The van der Waals surface area contributed by atoms with Gasteiger partial charge in [-0.1, -0.05) is 24.3 Å². The Labute approximate surface area is 208 Å². The summed E-state index contributed by atoms with van der Waals surface area (Å²) in [6, 6.07) is 16.1. The van der Waals surface area contributed by atoms with Gasteiger partial charge in [0.05, 0.1) is 46.3 Å². The van der Waals surface area contributed by atoms with Crippen LogP contribution in [0, 0.1) is 0 Å². The van der Waals surface area contributed by atoms with Crippen molar-refractivity contribution in [1.82, 2.24) is 9.80 Å². The maximum absolute atomic E-state index is 5.91. The third kappa shape index (κ3) is 9.70. The van der Waals surface area contributed by atoms with E-state index in [0.717, 1.165) is 55.5 Å². The fourth-order valence-electron chi connectivity index (χ4n) is 3.76. The predicted molar refractivity (Wildman–Crippen MR) is 137 cm³/mol. The minimum absolute atomic E-state index is 0.361. The number of rotatable bonds is 15. The number of ether oxygens (including phenoxy) is 5. The molecule has 0 saturated carbocycles. The Hall–Kier alpha value is -2.91. The van der Waals surface area contributed by atoms with Gasteiger partial charge in [0.2, 0.25) is 0 Å². The van der Waals surface area contributed by atoms with Gasteiger partial charge in [0, 0.05) is 32.7 Å². The molecule has 0 unspecified atom stereocenters. The van der Waals surface area contributed by atoms with Gasteiger partial charge in [0.1, 0.15) is 24.5 Å². The summed E-state index contributed by atoms with van der Waals surface area (Å²) in [5, 5.41) is 0. The van der Waals surface area contributed by atoms with Gasteiger partial charge in [-0.05, 0) is 42.1 Å². The van der Waals surface area contributed by atoms with Crippen molar-refractivity contribution in [3.63, 3.8) is 0 Å². The first-order valence-corrected chi connectivity index (χ1v) is 11.8. The van der Waals surface area contributed by atoms with Crippen LogP contribution in [0.5, 0.6) is 11.5 Å². The summed E-state index contributed by atoms with van der Waals surface area (Å²) < 4.78 is 27.8. The van der Waals surface area contributed by atoms with Crippen molar-refractivity contribution >= 4 is 6.72 Å². The summed E-state index contributed by atoms with van der Waals surface area (Å²) in [6.45, 7) is 10.8. The molecular weight excluding hydrogens is 446 g/mol. The zero-order chi connectivity index (χ0) is 24.7. The molecule has 1 heterocycles. The molecule has 0 amide bonds. The number of hydrogen-bond acceptors (Lipinski definition) is 8. The van der Waals surface area contributed by atoms with Gasteiger partial charge < -0.3 is 23.7 Å². The van der Waals surface area contributed by atoms with Crippen LogP contribution < -0.4 is 9.47 Å². The molecule has 0 aliphatic carbocycles. The largest absolute Gasteiger partial charge is 0.497 e. The highest BCUT2D eigenvalue weighted by atomic mass is 16.5. The highest BCUT2D eigenvalue weighted by molar-refractivity contribution is 5.30. The number of aliphatic imine (C=N–C) groups is 1. The van der Waals surface area contributed by atoms with Crippen LogP contribution >= 0.6 is 0 Å². The number of methoxy groups -OCH3 is 2. The first-order valence-electron chi connectivity index (χ1n) is 11.8. The maximum atomic E-state index is 5.91. The Balaban J connectivity index is 1.55. The second kappa shape index (κ2) is 15.2. The van der Waals surface area contributed by atoms with Crippen molar-refractivity contribution in [2.45, 2.75) is 13.1 Å². The standard InChI is InChI=1S/C27H37N3O5/c1-28-25(20-34-15-12-29-10-13-33-14-11-29)21-35-22-30(18-23-6-4-8-26(16-23)31-2)19-24-7-5-9-27(17-24)32-3/h4-9,16-17,21H,1,10-15,18-20,22H2,2-3H3/b25-21-. The van der Waals surface area contributed by atoms with E-state index >= 15 is 0 Å². The third-order valence-electron chi connectivity index (χ3n) is 5.67. The van der Waals surface area contributed by atoms with Crippen molar-refractivity contribution in [3.05, 3.63) is 71.6 Å². The van der Waals surface area contributed by atoms with Gasteiger partial charge in [-0.25, -0.2) is 0 Å². The molecule has 1 aliphatic heterocycles. The van der Waals surface area contributed by atoms with Crippen molar-refractivity contribution in [2.24, 2.45) is 4.99 Å². The lowest BCUT2D eigenvalue weighted by molar-refractivity contribution is 0.0223. The molecule has 2 aromatic rings. The number of morpholine rings is 1. The molecule has 0 N–H and O–H groups in total. The SMILES string of the molecule is C=N/C(=C\OCN(Cc1cccc(OC)c1)Cc1cccc(OC)c1)COCCN1CCOCC1. The predicted octanol–water partition coefficient (Wildman–Crippen LogP) is 3.57. The highest BCUT2D eigenvalue weighted by Crippen LogP contribution is 2.18. The molecule has 3 rings (SSSR count). The molecule has 0 spiro atoms. The Morgan fingerprint density at radius 1 is 1.03 bits per heavy atom. The topological polar surface area (TPSA) is 65.0 Å². The van der Waals surface area contributed by atoms with E-state index < -0.39 is 0 Å². The second-order valence-corrected chi connectivity index (χ2v) is 8.26. The van der Waals surface area contributed by atoms with E-state index in [0.29, 0.717) is 38.7 Å². The molecule has 8 nitrogen and oxygen atoms in total. The molecular formula is C27H37N3O5. The molecule has 190 valence electrons. The lowest BCUT2D eigenvalue weighted by atomic mass is 10.1. The quantitative estimate of drug-likeness (QED) is 0.166. The molecule has 0 atom stereocenters. The summed E-state index contributed by atoms with van der Waals surface area (Å²) in [6.07, 6.45) is 1.63. The van der Waals surface area contributed by atoms with Crippen LogP contribution in [0.4, 0.5) is 0 Å². The summed E-state index contributed by atoms with van der Waals surface area (Å²) in [7, 11) is 3.35. The molecule has 1 aliphatic rings. The molecule has 0 radical (unpaired) electrons. The second-order valence-electron chi connectivity index (χ2n) is 8.26. The fourth-order valence-corrected chi connectivity index (χ4v) is 3.76. The molecule has 0 bridgehead atoms. The number of nitrogens with zero attached hydrogens (tertiary/aromatic N) is 3. The van der Waals surface area contributed by atoms with Gasteiger partial charge in [-0.3, -0.25) is 14.8 Å². The van der Waals surface area contributed by atoms with Crippen LogP contribution in [0.1, 0.15) is 11.1 Å². The van der Waals surface area contributed by atoms with E-state index in [9.17, 15) is 0 Å². The van der Waals surface area contributed by atoms with E-state index in [1.165, 1.54) is 0 Å². The maximum Gasteiger partial charge on any atom is 0.141 e. The summed E-state index contributed by atoms with van der Waals surface area (Å²) >= 11 is 0. The van der Waals surface area contributed by atoms with Crippen LogP contribution in [0.25, 0.3) is 0 Å². The minimum Gasteiger partial charge on any atom is -0.497 e. The van der Waals surface area contributed by atoms with Gasteiger partial charge in [-0.2, -0.15) is 0 Å². The summed E-state index contributed by atoms with van der Waals surface area (Å²) in [5.41, 5.74) is 2.93. The Morgan fingerprint density at radius 3 is 2.23 bits per heavy atom.